The Morgan fingerprint density at radius 2 is 1.90 bits per heavy atom. The lowest BCUT2D eigenvalue weighted by atomic mass is 9.92. The van der Waals surface area contributed by atoms with Crippen molar-refractivity contribution in [1.29, 1.82) is 0 Å². The lowest BCUT2D eigenvalue weighted by Gasteiger charge is -2.34. The van der Waals surface area contributed by atoms with Crippen LogP contribution < -0.4 is 15.0 Å². The first-order valence-electron chi connectivity index (χ1n) is 14.4. The largest absolute Gasteiger partial charge is 0.461 e. The van der Waals surface area contributed by atoms with E-state index in [1.165, 1.54) is 13.8 Å². The summed E-state index contributed by atoms with van der Waals surface area (Å²) in [5.74, 6) is -0.0443. The van der Waals surface area contributed by atoms with Crippen molar-refractivity contribution in [3.05, 3.63) is 41.8 Å². The molecule has 6 heterocycles. The molecule has 40 heavy (non-hydrogen) atoms. The van der Waals surface area contributed by atoms with Crippen molar-refractivity contribution in [2.45, 2.75) is 75.4 Å². The Balaban J connectivity index is 1.32. The average Bonchev–Trinajstić information content (AvgIpc) is 3.57. The molecule has 2 unspecified atom stereocenters. The molecule has 4 saturated heterocycles. The normalized spacial score (nSPS) is 28.4. The summed E-state index contributed by atoms with van der Waals surface area (Å²) in [5.41, 5.74) is -1.18. The maximum atomic E-state index is 16.4. The summed E-state index contributed by atoms with van der Waals surface area (Å²) in [4.78, 5) is 18.2. The molecule has 4 aliphatic heterocycles. The zero-order valence-corrected chi connectivity index (χ0v) is 23.0. The number of halogens is 3. The number of nitrogens with zero attached hydrogens (tertiary/aromatic N) is 5. The fourth-order valence-electron chi connectivity index (χ4n) is 7.34. The number of pyridine rings is 1. The number of benzene rings is 1. The zero-order chi connectivity index (χ0) is 27.6. The third-order valence-corrected chi connectivity index (χ3v) is 9.21. The summed E-state index contributed by atoms with van der Waals surface area (Å²) < 4.78 is 52.1. The molecule has 7 rings (SSSR count). The highest BCUT2D eigenvalue weighted by Crippen LogP contribution is 2.41. The Morgan fingerprint density at radius 1 is 1.12 bits per heavy atom. The monoisotopic (exact) mass is 552 g/mol. The molecule has 0 radical (unpaired) electrons. The maximum Gasteiger partial charge on any atom is 0.319 e. The Kier molecular flexibility index (Phi) is 6.19. The molecule has 1 N–H and O–H groups in total. The van der Waals surface area contributed by atoms with Gasteiger partial charge in [0.1, 0.15) is 35.5 Å². The summed E-state index contributed by atoms with van der Waals surface area (Å²) >= 11 is 0. The second-order valence-electron chi connectivity index (χ2n) is 12.4. The third kappa shape index (κ3) is 4.40. The number of alkyl halides is 2. The van der Waals surface area contributed by atoms with Crippen LogP contribution in [0.15, 0.2) is 30.5 Å². The molecule has 0 amide bonds. The molecule has 0 aliphatic carbocycles. The number of aromatic nitrogens is 3. The smallest absolute Gasteiger partial charge is 0.319 e. The van der Waals surface area contributed by atoms with Crippen LogP contribution in [0.25, 0.3) is 22.2 Å². The minimum absolute atomic E-state index is 0.0430. The van der Waals surface area contributed by atoms with Gasteiger partial charge in [-0.25, -0.2) is 13.2 Å². The molecule has 4 aliphatic rings. The van der Waals surface area contributed by atoms with Crippen LogP contribution in [0.2, 0.25) is 0 Å². The van der Waals surface area contributed by atoms with Crippen molar-refractivity contribution >= 4 is 16.7 Å². The number of nitrogens with one attached hydrogen (secondary N) is 1. The van der Waals surface area contributed by atoms with Gasteiger partial charge in [-0.1, -0.05) is 24.3 Å². The molecule has 1 aromatic carbocycles. The van der Waals surface area contributed by atoms with Gasteiger partial charge in [0, 0.05) is 49.9 Å². The molecule has 0 saturated carbocycles. The van der Waals surface area contributed by atoms with Crippen molar-refractivity contribution in [2.75, 3.05) is 37.7 Å². The SMILES string of the molecule is CC(C)(F)c1ccccc1-c1ncc2c(N3CC4CCC(C3)N4)nc(OC[C@@]34CCCN3C[C@H](F)C4)nc2c1F. The number of anilines is 1. The molecule has 2 bridgehead atoms. The standard InChI is InChI=1S/C30H35F3N6O/c1-29(2,33)23-7-4-3-6-21(23)25-24(32)26-22(13-34-25)27(38-15-19-8-9-20(16-38)35-19)37-28(36-26)40-17-30-10-5-11-39(30)14-18(31)12-30/h3-4,6-7,13,18-20,35H,5,8-12,14-17H2,1-2H3/t18-,19?,20?,30+/m1/s1. The Labute approximate surface area is 232 Å². The highest BCUT2D eigenvalue weighted by Gasteiger charge is 2.49. The van der Waals surface area contributed by atoms with E-state index < -0.39 is 17.7 Å². The second-order valence-corrected chi connectivity index (χ2v) is 12.4. The summed E-state index contributed by atoms with van der Waals surface area (Å²) in [5, 5.41) is 4.12. The zero-order valence-electron chi connectivity index (χ0n) is 23.0. The first-order valence-corrected chi connectivity index (χ1v) is 14.4. The maximum absolute atomic E-state index is 16.4. The van der Waals surface area contributed by atoms with Crippen molar-refractivity contribution in [2.24, 2.45) is 0 Å². The van der Waals surface area contributed by atoms with Gasteiger partial charge in [0.25, 0.3) is 0 Å². The number of hydrogen-bond acceptors (Lipinski definition) is 7. The number of hydrogen-bond donors (Lipinski definition) is 1. The van der Waals surface area contributed by atoms with Gasteiger partial charge in [-0.3, -0.25) is 9.88 Å². The van der Waals surface area contributed by atoms with E-state index in [1.54, 1.807) is 30.5 Å². The van der Waals surface area contributed by atoms with Crippen LogP contribution in [0.3, 0.4) is 0 Å². The van der Waals surface area contributed by atoms with Crippen molar-refractivity contribution in [3.63, 3.8) is 0 Å². The number of piperazine rings is 1. The first kappa shape index (κ1) is 26.0. The predicted octanol–water partition coefficient (Wildman–Crippen LogP) is 4.93. The minimum Gasteiger partial charge on any atom is -0.461 e. The van der Waals surface area contributed by atoms with E-state index in [2.05, 4.69) is 25.1 Å². The first-order chi connectivity index (χ1) is 19.2. The molecule has 4 atom stereocenters. The van der Waals surface area contributed by atoms with Crippen molar-refractivity contribution < 1.29 is 17.9 Å². The van der Waals surface area contributed by atoms with Gasteiger partial charge in [-0.05, 0) is 51.6 Å². The van der Waals surface area contributed by atoms with Crippen LogP contribution in [-0.4, -0.2) is 76.4 Å². The van der Waals surface area contributed by atoms with E-state index in [1.807, 2.05) is 0 Å². The minimum atomic E-state index is -1.69. The molecule has 0 spiro atoms. The molecular weight excluding hydrogens is 517 g/mol. The predicted molar refractivity (Wildman–Crippen MR) is 148 cm³/mol. The Hall–Kier alpha value is -2.98. The van der Waals surface area contributed by atoms with Gasteiger partial charge in [0.2, 0.25) is 0 Å². The van der Waals surface area contributed by atoms with Crippen LogP contribution in [0, 0.1) is 5.82 Å². The Bertz CT molecular complexity index is 1430. The fraction of sp³-hybridized carbons (Fsp3) is 0.567. The van der Waals surface area contributed by atoms with Crippen LogP contribution >= 0.6 is 0 Å². The molecule has 7 nitrogen and oxygen atoms in total. The van der Waals surface area contributed by atoms with E-state index in [0.29, 0.717) is 47.4 Å². The average molecular weight is 553 g/mol. The molecule has 2 aromatic heterocycles. The van der Waals surface area contributed by atoms with Gasteiger partial charge in [0.15, 0.2) is 5.82 Å². The number of fused-ring (bicyclic) bond motifs is 4. The molecule has 4 fully saturated rings. The molecule has 3 aromatic rings. The van der Waals surface area contributed by atoms with Gasteiger partial charge in [-0.15, -0.1) is 0 Å². The fourth-order valence-corrected chi connectivity index (χ4v) is 7.34. The lowest BCUT2D eigenvalue weighted by Crippen LogP contribution is -2.51. The van der Waals surface area contributed by atoms with Crippen molar-refractivity contribution in [3.8, 4) is 17.3 Å². The van der Waals surface area contributed by atoms with E-state index in [0.717, 1.165) is 45.3 Å². The van der Waals surface area contributed by atoms with Gasteiger partial charge in [-0.2, -0.15) is 9.97 Å². The molecular formula is C30H35F3N6O. The second kappa shape index (κ2) is 9.55. The topological polar surface area (TPSA) is 66.4 Å². The van der Waals surface area contributed by atoms with E-state index in [4.69, 9.17) is 9.72 Å². The van der Waals surface area contributed by atoms with Crippen molar-refractivity contribution in [1.82, 2.24) is 25.2 Å². The Morgan fingerprint density at radius 3 is 2.67 bits per heavy atom. The summed E-state index contributed by atoms with van der Waals surface area (Å²) in [6.07, 6.45) is 5.17. The quantitative estimate of drug-likeness (QED) is 0.465. The van der Waals surface area contributed by atoms with Gasteiger partial charge in [0.05, 0.1) is 10.9 Å². The molecule has 212 valence electrons. The van der Waals surface area contributed by atoms with Gasteiger partial charge < -0.3 is 15.0 Å². The van der Waals surface area contributed by atoms with Crippen LogP contribution in [-0.2, 0) is 5.67 Å². The van der Waals surface area contributed by atoms with E-state index in [-0.39, 0.29) is 29.4 Å². The number of rotatable bonds is 6. The third-order valence-electron chi connectivity index (χ3n) is 9.21. The highest BCUT2D eigenvalue weighted by molar-refractivity contribution is 5.92. The van der Waals surface area contributed by atoms with Crippen LogP contribution in [0.1, 0.15) is 51.5 Å². The molecule has 10 heteroatoms. The van der Waals surface area contributed by atoms with Crippen LogP contribution in [0.5, 0.6) is 6.01 Å². The van der Waals surface area contributed by atoms with E-state index in [9.17, 15) is 4.39 Å². The number of ether oxygens (including phenoxy) is 1. The summed E-state index contributed by atoms with van der Waals surface area (Å²) in [7, 11) is 0. The van der Waals surface area contributed by atoms with Gasteiger partial charge >= 0.3 is 6.01 Å². The van der Waals surface area contributed by atoms with E-state index >= 15 is 8.78 Å². The highest BCUT2D eigenvalue weighted by atomic mass is 19.1. The summed E-state index contributed by atoms with van der Waals surface area (Å²) in [6, 6.07) is 7.59. The lowest BCUT2D eigenvalue weighted by molar-refractivity contribution is 0.107. The van der Waals surface area contributed by atoms with Crippen LogP contribution in [0.4, 0.5) is 19.0 Å². The summed E-state index contributed by atoms with van der Waals surface area (Å²) in [6.45, 7) is 5.91.